The molecule has 4 N–H and O–H groups in total. The number of tetrazole rings is 2. The summed E-state index contributed by atoms with van der Waals surface area (Å²) >= 11 is 0. The monoisotopic (exact) mass is 1090 g/mol. The first-order valence-electron chi connectivity index (χ1n) is 27.9. The molecule has 0 saturated carbocycles. The summed E-state index contributed by atoms with van der Waals surface area (Å²) in [6, 6.07) is 12.6. The highest BCUT2D eigenvalue weighted by atomic mass is 16.2. The van der Waals surface area contributed by atoms with Gasteiger partial charge in [-0.25, -0.2) is 9.36 Å². The Morgan fingerprint density at radius 1 is 0.595 bits per heavy atom. The van der Waals surface area contributed by atoms with Gasteiger partial charge in [0.05, 0.1) is 23.5 Å². The van der Waals surface area contributed by atoms with E-state index in [4.69, 9.17) is 0 Å². The minimum absolute atomic E-state index is 0. The highest BCUT2D eigenvalue weighted by molar-refractivity contribution is 5.91. The molecule has 2 fully saturated rings. The van der Waals surface area contributed by atoms with Gasteiger partial charge in [0.2, 0.25) is 35.4 Å². The zero-order valence-corrected chi connectivity index (χ0v) is 47.8. The molecule has 2 saturated heterocycles. The molecule has 0 aliphatic carbocycles. The molecule has 2 aromatic heterocycles. The van der Waals surface area contributed by atoms with Crippen LogP contribution in [0.5, 0.6) is 0 Å². The maximum Gasteiger partial charge on any atom is 0.246 e. The minimum atomic E-state index is -0.745. The van der Waals surface area contributed by atoms with E-state index in [9.17, 15) is 28.8 Å². The number of likely N-dealkylation sites (tertiary alicyclic amines) is 2. The van der Waals surface area contributed by atoms with Gasteiger partial charge in [-0.1, -0.05) is 98.9 Å². The molecule has 2 aliphatic rings. The summed E-state index contributed by atoms with van der Waals surface area (Å²) in [4.78, 5) is 91.0. The van der Waals surface area contributed by atoms with Gasteiger partial charge in [-0.3, -0.25) is 28.8 Å². The predicted molar refractivity (Wildman–Crippen MR) is 302 cm³/mol. The van der Waals surface area contributed by atoms with E-state index in [-0.39, 0.29) is 55.0 Å². The standard InChI is InChI=1S/C56H86N16O6.CH4/c1-39(57-9)51(75)61-49(55(3,4)5)53(77)69-29-19-25-45(69)35-67(33-41-21-17-23-43(31-41)71-37-59-63-65-71)47(73)27-15-13-11-12-14-16-28-48(74)68(34-42-22-18-24-44(32-42)72-38-60-64-66-72)36-46-26-20-30-70(46)54(78)50(56(6,7)8)62-52(76)40(2)58-10;/h17-18,21-24,31-32,37-40,45-46,49-50,57-58H,11-16,19-20,25-30,33-36H2,1-10H3,(H,61,75)(H,62,76);1H4/t39-,40-,45-,46-,49+,50+;/m0./s1. The lowest BCUT2D eigenvalue weighted by molar-refractivity contribution is -0.142. The molecule has 0 radical (unpaired) electrons. The molecular formula is C57H90N16O6. The number of carbonyl (C=O) groups is 6. The number of nitrogens with zero attached hydrogens (tertiary/aromatic N) is 12. The van der Waals surface area contributed by atoms with Crippen LogP contribution in [0.1, 0.15) is 151 Å². The molecule has 6 rings (SSSR count). The van der Waals surface area contributed by atoms with Crippen molar-refractivity contribution < 1.29 is 28.8 Å². The predicted octanol–water partition coefficient (Wildman–Crippen LogP) is 5.01. The van der Waals surface area contributed by atoms with Crippen molar-refractivity contribution in [1.82, 2.24) is 81.3 Å². The molecule has 6 atom stereocenters. The number of likely N-dealkylation sites (N-methyl/N-ethyl adjacent to an activating group) is 2. The molecule has 0 unspecified atom stereocenters. The third kappa shape index (κ3) is 17.9. The summed E-state index contributed by atoms with van der Waals surface area (Å²) in [6.07, 6.45) is 11.7. The SMILES string of the molecule is C.CN[C@@H](C)C(=O)N[C@H](C(=O)N1CCC[C@H]1CN(Cc1cccc(-n2cnnn2)c1)C(=O)CCCCCCCCC(=O)N(Cc1cccc(-n2cnnn2)c1)C[C@@H]1CCCN1C(=O)[C@@H](NC(=O)[C@H](C)NC)C(C)(C)C)C(C)(C)C. The molecule has 0 spiro atoms. The summed E-state index contributed by atoms with van der Waals surface area (Å²) in [5.74, 6) is -0.767. The van der Waals surface area contributed by atoms with Gasteiger partial charge in [-0.05, 0) is 134 Å². The maximum atomic E-state index is 14.4. The van der Waals surface area contributed by atoms with Crippen molar-refractivity contribution in [1.29, 1.82) is 0 Å². The first kappa shape index (κ1) is 63.2. The second-order valence-corrected chi connectivity index (χ2v) is 23.3. The van der Waals surface area contributed by atoms with Crippen molar-refractivity contribution >= 4 is 35.4 Å². The molecule has 4 aromatic rings. The Hall–Kier alpha value is -6.68. The smallest absolute Gasteiger partial charge is 0.246 e. The van der Waals surface area contributed by atoms with Crippen molar-refractivity contribution in [2.75, 3.05) is 40.3 Å². The van der Waals surface area contributed by atoms with Gasteiger partial charge >= 0.3 is 0 Å². The van der Waals surface area contributed by atoms with Crippen LogP contribution < -0.4 is 21.3 Å². The molecule has 22 nitrogen and oxygen atoms in total. The van der Waals surface area contributed by atoms with Gasteiger partial charge in [-0.2, -0.15) is 0 Å². The van der Waals surface area contributed by atoms with E-state index in [2.05, 4.69) is 52.3 Å². The summed E-state index contributed by atoms with van der Waals surface area (Å²) in [7, 11) is 3.42. The van der Waals surface area contributed by atoms with E-state index in [1.54, 1.807) is 37.3 Å². The highest BCUT2D eigenvalue weighted by Gasteiger charge is 2.42. The average molecular weight is 1100 g/mol. The van der Waals surface area contributed by atoms with E-state index in [0.29, 0.717) is 65.0 Å². The lowest BCUT2D eigenvalue weighted by Gasteiger charge is -2.37. The number of nitrogens with one attached hydrogen (secondary N) is 4. The normalized spacial score (nSPS) is 17.1. The number of hydrogen-bond acceptors (Lipinski definition) is 14. The molecule has 0 bridgehead atoms. The Balaban J connectivity index is 0.0000115. The highest BCUT2D eigenvalue weighted by Crippen LogP contribution is 2.29. The van der Waals surface area contributed by atoms with Crippen molar-refractivity contribution in [2.24, 2.45) is 10.8 Å². The van der Waals surface area contributed by atoms with Crippen molar-refractivity contribution in [2.45, 2.75) is 189 Å². The maximum absolute atomic E-state index is 14.4. The number of rotatable bonds is 27. The molecule has 4 heterocycles. The van der Waals surface area contributed by atoms with Crippen LogP contribution in [0.25, 0.3) is 11.4 Å². The summed E-state index contributed by atoms with van der Waals surface area (Å²) in [6.45, 7) is 17.7. The summed E-state index contributed by atoms with van der Waals surface area (Å²) < 4.78 is 3.15. The molecule has 2 aliphatic heterocycles. The number of unbranched alkanes of at least 4 members (excludes halogenated alkanes) is 5. The van der Waals surface area contributed by atoms with Gasteiger partial charge < -0.3 is 40.9 Å². The molecule has 6 amide bonds. The van der Waals surface area contributed by atoms with Crippen LogP contribution in [0, 0.1) is 10.8 Å². The van der Waals surface area contributed by atoms with Crippen molar-refractivity contribution in [3.63, 3.8) is 0 Å². The van der Waals surface area contributed by atoms with Crippen LogP contribution >= 0.6 is 0 Å². The van der Waals surface area contributed by atoms with Crippen LogP contribution in [0.4, 0.5) is 0 Å². The number of amides is 6. The van der Waals surface area contributed by atoms with Crippen LogP contribution in [0.15, 0.2) is 61.2 Å². The van der Waals surface area contributed by atoms with Crippen molar-refractivity contribution in [3.8, 4) is 11.4 Å². The third-order valence-corrected chi connectivity index (χ3v) is 15.2. The Labute approximate surface area is 467 Å². The van der Waals surface area contributed by atoms with Crippen molar-refractivity contribution in [3.05, 3.63) is 72.3 Å². The van der Waals surface area contributed by atoms with Crippen LogP contribution in [0.3, 0.4) is 0 Å². The largest absolute Gasteiger partial charge is 0.342 e. The number of carbonyl (C=O) groups excluding carboxylic acids is 6. The fourth-order valence-corrected chi connectivity index (χ4v) is 10.2. The van der Waals surface area contributed by atoms with Gasteiger partial charge in [0, 0.05) is 64.2 Å². The lowest BCUT2D eigenvalue weighted by Crippen LogP contribution is -2.59. The van der Waals surface area contributed by atoms with Gasteiger partial charge in [-0.15, -0.1) is 10.2 Å². The Morgan fingerprint density at radius 3 is 1.32 bits per heavy atom. The number of hydrogen-bond donors (Lipinski definition) is 4. The third-order valence-electron chi connectivity index (χ3n) is 15.2. The Morgan fingerprint density at radius 2 is 0.975 bits per heavy atom. The average Bonchev–Trinajstić information content (AvgIpc) is 4.42. The number of benzene rings is 2. The Kier molecular flexibility index (Phi) is 23.6. The molecule has 79 heavy (non-hydrogen) atoms. The zero-order chi connectivity index (χ0) is 56.6. The lowest BCUT2D eigenvalue weighted by atomic mass is 9.85. The molecule has 2 aromatic carbocycles. The molecular weight excluding hydrogens is 1000 g/mol. The quantitative estimate of drug-likeness (QED) is 0.0574. The first-order chi connectivity index (χ1) is 37.2. The van der Waals surface area contributed by atoms with E-state index in [1.807, 2.05) is 110 Å². The second-order valence-electron chi connectivity index (χ2n) is 23.3. The molecule has 434 valence electrons. The minimum Gasteiger partial charge on any atom is -0.342 e. The molecule has 22 heteroatoms. The van der Waals surface area contributed by atoms with Gasteiger partial charge in [0.15, 0.2) is 0 Å². The van der Waals surface area contributed by atoms with Crippen LogP contribution in [-0.4, -0.2) is 172 Å². The fraction of sp³-hybridized carbons (Fsp3) is 0.649. The first-order valence-corrected chi connectivity index (χ1v) is 27.9. The van der Waals surface area contributed by atoms with E-state index >= 15 is 0 Å². The van der Waals surface area contributed by atoms with E-state index in [0.717, 1.165) is 73.9 Å². The zero-order valence-electron chi connectivity index (χ0n) is 47.8. The summed E-state index contributed by atoms with van der Waals surface area (Å²) in [5, 5.41) is 35.2. The van der Waals surface area contributed by atoms with Crippen LogP contribution in [-0.2, 0) is 41.9 Å². The van der Waals surface area contributed by atoms with E-state index < -0.39 is 35.0 Å². The summed E-state index contributed by atoms with van der Waals surface area (Å²) in [5.41, 5.74) is 2.25. The fourth-order valence-electron chi connectivity index (χ4n) is 10.2. The van der Waals surface area contributed by atoms with Crippen LogP contribution in [0.2, 0.25) is 0 Å². The Bertz CT molecular complexity index is 2400. The topological polar surface area (TPSA) is 251 Å². The van der Waals surface area contributed by atoms with E-state index in [1.165, 1.54) is 12.7 Å². The second kappa shape index (κ2) is 29.5. The van der Waals surface area contributed by atoms with Gasteiger partial charge in [0.25, 0.3) is 0 Å². The van der Waals surface area contributed by atoms with Gasteiger partial charge in [0.1, 0.15) is 24.7 Å². The number of aromatic nitrogens is 8.